The summed E-state index contributed by atoms with van der Waals surface area (Å²) in [5, 5.41) is 7.59. The van der Waals surface area contributed by atoms with Crippen molar-refractivity contribution in [1.82, 2.24) is 19.7 Å². The van der Waals surface area contributed by atoms with E-state index in [1.165, 1.54) is 12.3 Å². The lowest BCUT2D eigenvalue weighted by atomic mass is 10.2. The van der Waals surface area contributed by atoms with E-state index < -0.39 is 5.91 Å². The zero-order valence-electron chi connectivity index (χ0n) is 12.0. The Morgan fingerprint density at radius 2 is 2.17 bits per heavy atom. The van der Waals surface area contributed by atoms with Crippen molar-refractivity contribution in [2.75, 3.05) is 5.32 Å². The van der Waals surface area contributed by atoms with Gasteiger partial charge in [-0.15, -0.1) is 0 Å². The lowest BCUT2D eigenvalue weighted by Gasteiger charge is -2.09. The topological polar surface area (TPSA) is 98.7 Å². The highest BCUT2D eigenvalue weighted by Gasteiger charge is 2.07. The Morgan fingerprint density at radius 1 is 1.30 bits per heavy atom. The van der Waals surface area contributed by atoms with E-state index in [1.807, 2.05) is 24.4 Å². The molecule has 0 radical (unpaired) electrons. The summed E-state index contributed by atoms with van der Waals surface area (Å²) in [6.07, 6.45) is 6.61. The maximum Gasteiger partial charge on any atom is 0.250 e. The highest BCUT2D eigenvalue weighted by Crippen LogP contribution is 2.20. The van der Waals surface area contributed by atoms with Crippen LogP contribution in [0.15, 0.2) is 49.1 Å². The molecule has 0 saturated heterocycles. The van der Waals surface area contributed by atoms with Crippen molar-refractivity contribution in [2.45, 2.75) is 6.54 Å². The van der Waals surface area contributed by atoms with Crippen molar-refractivity contribution in [3.8, 4) is 5.82 Å². The van der Waals surface area contributed by atoms with Crippen LogP contribution < -0.4 is 11.1 Å². The number of nitrogens with two attached hydrogens (primary N) is 1. The quantitative estimate of drug-likeness (QED) is 0.746. The molecule has 0 fully saturated rings. The van der Waals surface area contributed by atoms with E-state index in [0.717, 1.165) is 11.4 Å². The Hall–Kier alpha value is -2.93. The zero-order valence-corrected chi connectivity index (χ0v) is 12.7. The first kappa shape index (κ1) is 15.0. The van der Waals surface area contributed by atoms with Crippen LogP contribution in [0.25, 0.3) is 5.82 Å². The fourth-order valence-corrected chi connectivity index (χ4v) is 2.22. The summed E-state index contributed by atoms with van der Waals surface area (Å²) in [7, 11) is 0. The zero-order chi connectivity index (χ0) is 16.2. The molecule has 0 bridgehead atoms. The lowest BCUT2D eigenvalue weighted by Crippen LogP contribution is -2.12. The first-order valence-corrected chi connectivity index (χ1v) is 7.15. The maximum absolute atomic E-state index is 11.1. The van der Waals surface area contributed by atoms with E-state index in [-0.39, 0.29) is 5.56 Å². The minimum Gasteiger partial charge on any atom is -0.366 e. The number of nitrogens with zero attached hydrogens (tertiary/aromatic N) is 4. The van der Waals surface area contributed by atoms with Crippen LogP contribution in [0.1, 0.15) is 15.9 Å². The van der Waals surface area contributed by atoms with Gasteiger partial charge in [0.05, 0.1) is 10.6 Å². The number of anilines is 1. The molecule has 8 heteroatoms. The molecule has 1 amide bonds. The van der Waals surface area contributed by atoms with Gasteiger partial charge in [0.2, 0.25) is 5.91 Å². The van der Waals surface area contributed by atoms with Crippen LogP contribution in [0.5, 0.6) is 0 Å². The van der Waals surface area contributed by atoms with E-state index in [0.29, 0.717) is 17.4 Å². The van der Waals surface area contributed by atoms with E-state index in [1.54, 1.807) is 17.1 Å². The van der Waals surface area contributed by atoms with E-state index in [9.17, 15) is 4.79 Å². The van der Waals surface area contributed by atoms with Crippen molar-refractivity contribution >= 4 is 23.3 Å². The Bertz CT molecular complexity index is 834. The van der Waals surface area contributed by atoms with Crippen LogP contribution in [0.2, 0.25) is 5.02 Å². The van der Waals surface area contributed by atoms with Crippen LogP contribution in [0.4, 0.5) is 5.82 Å². The highest BCUT2D eigenvalue weighted by molar-refractivity contribution is 6.33. The first-order valence-electron chi connectivity index (χ1n) is 6.77. The number of nitrogens with one attached hydrogen (secondary N) is 1. The number of hydrogen-bond donors (Lipinski definition) is 2. The highest BCUT2D eigenvalue weighted by atomic mass is 35.5. The van der Waals surface area contributed by atoms with Crippen molar-refractivity contribution in [3.63, 3.8) is 0 Å². The number of primary amides is 1. The number of pyridine rings is 2. The molecule has 0 aliphatic carbocycles. The number of carbonyl (C=O) groups excluding carboxylic acids is 1. The average molecular weight is 329 g/mol. The summed E-state index contributed by atoms with van der Waals surface area (Å²) >= 11 is 6.09. The molecular weight excluding hydrogens is 316 g/mol. The second-order valence-corrected chi connectivity index (χ2v) is 5.15. The molecule has 0 spiro atoms. The molecule has 23 heavy (non-hydrogen) atoms. The summed E-state index contributed by atoms with van der Waals surface area (Å²) in [5.74, 6) is 0.635. The molecule has 0 unspecified atom stereocenters. The molecule has 3 aromatic heterocycles. The molecule has 7 nitrogen and oxygen atoms in total. The van der Waals surface area contributed by atoms with Crippen LogP contribution >= 0.6 is 11.6 Å². The standard InChI is InChI=1S/C15H13ClN6O/c16-12-7-11(14(17)23)9-20-15(12)19-8-10-2-4-18-13(6-10)22-5-1-3-21-22/h1-7,9H,8H2,(H2,17,23)(H,19,20). The molecule has 116 valence electrons. The average Bonchev–Trinajstić information content (AvgIpc) is 3.08. The van der Waals surface area contributed by atoms with Gasteiger partial charge in [0.15, 0.2) is 5.82 Å². The van der Waals surface area contributed by atoms with Crippen molar-refractivity contribution in [2.24, 2.45) is 5.73 Å². The van der Waals surface area contributed by atoms with E-state index in [4.69, 9.17) is 17.3 Å². The fraction of sp³-hybridized carbons (Fsp3) is 0.0667. The second-order valence-electron chi connectivity index (χ2n) is 4.75. The van der Waals surface area contributed by atoms with Gasteiger partial charge in [0, 0.05) is 31.3 Å². The number of amides is 1. The Morgan fingerprint density at radius 3 is 2.87 bits per heavy atom. The molecule has 3 heterocycles. The number of aromatic nitrogens is 4. The number of halogens is 1. The number of carbonyl (C=O) groups is 1. The van der Waals surface area contributed by atoms with Gasteiger partial charge in [0.25, 0.3) is 0 Å². The van der Waals surface area contributed by atoms with Gasteiger partial charge < -0.3 is 11.1 Å². The largest absolute Gasteiger partial charge is 0.366 e. The Kier molecular flexibility index (Phi) is 4.20. The predicted molar refractivity (Wildman–Crippen MR) is 86.5 cm³/mol. The molecule has 3 rings (SSSR count). The smallest absolute Gasteiger partial charge is 0.250 e. The third-order valence-corrected chi connectivity index (χ3v) is 3.42. The maximum atomic E-state index is 11.1. The van der Waals surface area contributed by atoms with Gasteiger partial charge in [0.1, 0.15) is 5.82 Å². The SMILES string of the molecule is NC(=O)c1cnc(NCc2ccnc(-n3cccn3)c2)c(Cl)c1. The van der Waals surface area contributed by atoms with Crippen LogP contribution in [-0.4, -0.2) is 25.7 Å². The third kappa shape index (κ3) is 3.46. The Balaban J connectivity index is 1.74. The van der Waals surface area contributed by atoms with Crippen molar-refractivity contribution in [3.05, 3.63) is 65.2 Å². The van der Waals surface area contributed by atoms with Crippen molar-refractivity contribution in [1.29, 1.82) is 0 Å². The predicted octanol–water partition coefficient (Wildman–Crippen LogP) is 2.03. The number of hydrogen-bond acceptors (Lipinski definition) is 5. The summed E-state index contributed by atoms with van der Waals surface area (Å²) in [4.78, 5) is 19.5. The molecule has 3 N–H and O–H groups in total. The normalized spacial score (nSPS) is 10.5. The summed E-state index contributed by atoms with van der Waals surface area (Å²) in [5.41, 5.74) is 6.44. The summed E-state index contributed by atoms with van der Waals surface area (Å²) in [6.45, 7) is 0.499. The summed E-state index contributed by atoms with van der Waals surface area (Å²) < 4.78 is 1.68. The van der Waals surface area contributed by atoms with Crippen molar-refractivity contribution < 1.29 is 4.79 Å². The van der Waals surface area contributed by atoms with Gasteiger partial charge in [-0.1, -0.05) is 11.6 Å². The first-order chi connectivity index (χ1) is 11.1. The van der Waals surface area contributed by atoms with Gasteiger partial charge in [-0.2, -0.15) is 5.10 Å². The van der Waals surface area contributed by atoms with Gasteiger partial charge >= 0.3 is 0 Å². The molecule has 0 aromatic carbocycles. The lowest BCUT2D eigenvalue weighted by molar-refractivity contribution is 0.1000. The molecular formula is C15H13ClN6O. The van der Waals surface area contributed by atoms with Crippen LogP contribution in [-0.2, 0) is 6.54 Å². The van der Waals surface area contributed by atoms with Gasteiger partial charge in [-0.3, -0.25) is 4.79 Å². The number of rotatable bonds is 5. The molecule has 0 saturated carbocycles. The molecule has 3 aromatic rings. The van der Waals surface area contributed by atoms with Gasteiger partial charge in [-0.05, 0) is 29.8 Å². The third-order valence-electron chi connectivity index (χ3n) is 3.13. The Labute approximate surface area is 137 Å². The molecule has 0 aliphatic heterocycles. The summed E-state index contributed by atoms with van der Waals surface area (Å²) in [6, 6.07) is 7.11. The fourth-order valence-electron chi connectivity index (χ4n) is 1.99. The molecule has 0 aliphatic rings. The monoisotopic (exact) mass is 328 g/mol. The van der Waals surface area contributed by atoms with Gasteiger partial charge in [-0.25, -0.2) is 14.6 Å². The van der Waals surface area contributed by atoms with Crippen LogP contribution in [0, 0.1) is 0 Å². The van der Waals surface area contributed by atoms with Crippen LogP contribution in [0.3, 0.4) is 0 Å². The van der Waals surface area contributed by atoms with E-state index >= 15 is 0 Å². The minimum absolute atomic E-state index is 0.269. The van der Waals surface area contributed by atoms with E-state index in [2.05, 4.69) is 20.4 Å². The second kappa shape index (κ2) is 6.45. The molecule has 0 atom stereocenters. The minimum atomic E-state index is -0.566.